The lowest BCUT2D eigenvalue weighted by atomic mass is 9.76. The van der Waals surface area contributed by atoms with Crippen LogP contribution in [-0.2, 0) is 0 Å². The molecule has 0 unspecified atom stereocenters. The molecule has 0 saturated carbocycles. The molecule has 0 saturated heterocycles. The third kappa shape index (κ3) is 3.20. The molecule has 0 fully saturated rings. The normalized spacial score (nSPS) is 27.7. The second-order valence-corrected chi connectivity index (χ2v) is 8.57. The predicted molar refractivity (Wildman–Crippen MR) is 108 cm³/mol. The Morgan fingerprint density at radius 1 is 0.958 bits per heavy atom. The maximum absolute atomic E-state index is 2.56. The van der Waals surface area contributed by atoms with E-state index in [1.54, 1.807) is 16.7 Å². The second-order valence-electron chi connectivity index (χ2n) is 8.57. The van der Waals surface area contributed by atoms with Gasteiger partial charge in [0.1, 0.15) is 0 Å². The highest BCUT2D eigenvalue weighted by atomic mass is 15.2. The zero-order valence-corrected chi connectivity index (χ0v) is 17.5. The lowest BCUT2D eigenvalue weighted by Gasteiger charge is -2.40. The van der Waals surface area contributed by atoms with Gasteiger partial charge in [-0.05, 0) is 85.9 Å². The monoisotopic (exact) mass is 327 g/mol. The maximum atomic E-state index is 2.56. The van der Waals surface area contributed by atoms with Crippen LogP contribution in [0.3, 0.4) is 0 Å². The first kappa shape index (κ1) is 19.2. The number of fused-ring (bicyclic) bond motifs is 1. The van der Waals surface area contributed by atoms with Crippen molar-refractivity contribution in [3.8, 4) is 0 Å². The Hall–Kier alpha value is -1.08. The number of allylic oxidation sites excluding steroid dienone is 1. The molecule has 1 aliphatic rings. The number of hydrogen-bond donors (Lipinski definition) is 0. The van der Waals surface area contributed by atoms with Crippen molar-refractivity contribution in [1.82, 2.24) is 4.90 Å². The van der Waals surface area contributed by atoms with E-state index in [9.17, 15) is 0 Å². The van der Waals surface area contributed by atoms with Crippen LogP contribution in [0.2, 0.25) is 0 Å². The third-order valence-corrected chi connectivity index (χ3v) is 6.33. The molecule has 134 valence electrons. The minimum Gasteiger partial charge on any atom is -0.296 e. The highest BCUT2D eigenvalue weighted by Gasteiger charge is 2.31. The number of aryl methyl sites for hydroxylation is 1. The second kappa shape index (κ2) is 7.04. The molecular formula is C23H37N. The molecule has 1 heteroatoms. The molecule has 1 aromatic carbocycles. The van der Waals surface area contributed by atoms with Gasteiger partial charge in [-0.15, -0.1) is 0 Å². The summed E-state index contributed by atoms with van der Waals surface area (Å²) in [5.74, 6) is 1.66. The van der Waals surface area contributed by atoms with E-state index in [1.165, 1.54) is 16.7 Å². The molecule has 3 atom stereocenters. The minimum absolute atomic E-state index is 0.442. The Morgan fingerprint density at radius 3 is 2.04 bits per heavy atom. The van der Waals surface area contributed by atoms with Crippen molar-refractivity contribution in [2.75, 3.05) is 7.05 Å². The molecule has 1 heterocycles. The van der Waals surface area contributed by atoms with Gasteiger partial charge in [0.25, 0.3) is 0 Å². The Labute approximate surface area is 150 Å². The van der Waals surface area contributed by atoms with Gasteiger partial charge in [0, 0.05) is 12.1 Å². The Bertz CT molecular complexity index is 636. The number of hydrogen-bond acceptors (Lipinski definition) is 1. The van der Waals surface area contributed by atoms with Crippen molar-refractivity contribution in [3.63, 3.8) is 0 Å². The van der Waals surface area contributed by atoms with E-state index < -0.39 is 0 Å². The molecule has 0 radical (unpaired) electrons. The number of rotatable bonds is 2. The van der Waals surface area contributed by atoms with E-state index in [1.807, 2.05) is 0 Å². The molecule has 2 rings (SSSR count). The number of benzene rings is 1. The summed E-state index contributed by atoms with van der Waals surface area (Å²) in [6.45, 7) is 21.1. The summed E-state index contributed by atoms with van der Waals surface area (Å²) in [5.41, 5.74) is 9.08. The molecule has 0 amide bonds. The van der Waals surface area contributed by atoms with E-state index in [2.05, 4.69) is 86.4 Å². The van der Waals surface area contributed by atoms with Crippen LogP contribution in [0.5, 0.6) is 0 Å². The third-order valence-electron chi connectivity index (χ3n) is 6.33. The summed E-state index contributed by atoms with van der Waals surface area (Å²) in [4.78, 5) is 2.56. The Balaban J connectivity index is 2.93. The SMILES string of the molecule is Cc1cc(C(C)C)c2c(c1C)[C@H](C)N(C)[C@H](C)[C@H](C)/C=C\2C(C)C. The van der Waals surface area contributed by atoms with Gasteiger partial charge in [0.05, 0.1) is 0 Å². The van der Waals surface area contributed by atoms with Crippen LogP contribution in [-0.4, -0.2) is 18.0 Å². The van der Waals surface area contributed by atoms with Crippen LogP contribution in [0.1, 0.15) is 88.2 Å². The van der Waals surface area contributed by atoms with Crippen LogP contribution < -0.4 is 0 Å². The van der Waals surface area contributed by atoms with Gasteiger partial charge in [-0.2, -0.15) is 0 Å². The summed E-state index contributed by atoms with van der Waals surface area (Å²) in [6, 6.07) is 3.43. The summed E-state index contributed by atoms with van der Waals surface area (Å²) in [6.07, 6.45) is 2.55. The average molecular weight is 328 g/mol. The van der Waals surface area contributed by atoms with Crippen molar-refractivity contribution in [3.05, 3.63) is 40.0 Å². The molecule has 1 nitrogen and oxygen atoms in total. The molecule has 1 aromatic rings. The molecule has 0 bridgehead atoms. The van der Waals surface area contributed by atoms with Crippen molar-refractivity contribution in [2.24, 2.45) is 11.8 Å². The summed E-state index contributed by atoms with van der Waals surface area (Å²) >= 11 is 0. The Morgan fingerprint density at radius 2 is 1.54 bits per heavy atom. The van der Waals surface area contributed by atoms with Gasteiger partial charge in [-0.3, -0.25) is 4.90 Å². The summed E-state index contributed by atoms with van der Waals surface area (Å²) < 4.78 is 0. The van der Waals surface area contributed by atoms with Crippen LogP contribution in [0.25, 0.3) is 5.57 Å². The van der Waals surface area contributed by atoms with Gasteiger partial charge in [0.15, 0.2) is 0 Å². The van der Waals surface area contributed by atoms with Crippen LogP contribution in [0, 0.1) is 25.7 Å². The topological polar surface area (TPSA) is 3.24 Å². The van der Waals surface area contributed by atoms with Crippen molar-refractivity contribution in [2.45, 2.75) is 80.3 Å². The molecule has 0 N–H and O–H groups in total. The van der Waals surface area contributed by atoms with E-state index in [0.29, 0.717) is 29.8 Å². The van der Waals surface area contributed by atoms with E-state index in [-0.39, 0.29) is 0 Å². The summed E-state index contributed by atoms with van der Waals surface area (Å²) in [5, 5.41) is 0. The van der Waals surface area contributed by atoms with Crippen molar-refractivity contribution < 1.29 is 0 Å². The van der Waals surface area contributed by atoms with Gasteiger partial charge in [-0.25, -0.2) is 0 Å². The lowest BCUT2D eigenvalue weighted by Crippen LogP contribution is -2.38. The molecular weight excluding hydrogens is 290 g/mol. The standard InChI is InChI=1S/C23H37N/c1-13(2)20-11-15(5)17(7)22-19(9)24(10)18(8)16(6)12-21(14(3)4)23(20)22/h11-14,16,18-19H,1-10H3/b21-12-/t16-,18-,19+/m1/s1. The zero-order chi connectivity index (χ0) is 18.3. The predicted octanol–water partition coefficient (Wildman–Crippen LogP) is 6.50. The fourth-order valence-electron chi connectivity index (χ4n) is 4.18. The van der Waals surface area contributed by atoms with Crippen LogP contribution in [0.4, 0.5) is 0 Å². The smallest absolute Gasteiger partial charge is 0.0328 e. The van der Waals surface area contributed by atoms with E-state index in [0.717, 1.165) is 0 Å². The first-order valence-electron chi connectivity index (χ1n) is 9.65. The zero-order valence-electron chi connectivity index (χ0n) is 17.5. The average Bonchev–Trinajstić information content (AvgIpc) is 2.51. The highest BCUT2D eigenvalue weighted by Crippen LogP contribution is 2.43. The van der Waals surface area contributed by atoms with Crippen LogP contribution in [0.15, 0.2) is 12.1 Å². The lowest BCUT2D eigenvalue weighted by molar-refractivity contribution is 0.166. The van der Waals surface area contributed by atoms with Gasteiger partial charge in [0.2, 0.25) is 0 Å². The largest absolute Gasteiger partial charge is 0.296 e. The molecule has 0 aromatic heterocycles. The molecule has 0 aliphatic carbocycles. The van der Waals surface area contributed by atoms with Gasteiger partial charge >= 0.3 is 0 Å². The van der Waals surface area contributed by atoms with Crippen LogP contribution >= 0.6 is 0 Å². The Kier molecular flexibility index (Phi) is 5.64. The van der Waals surface area contributed by atoms with Crippen molar-refractivity contribution >= 4 is 5.57 Å². The molecule has 0 spiro atoms. The van der Waals surface area contributed by atoms with E-state index >= 15 is 0 Å². The van der Waals surface area contributed by atoms with E-state index in [4.69, 9.17) is 0 Å². The molecule has 1 aliphatic heterocycles. The fourth-order valence-corrected chi connectivity index (χ4v) is 4.18. The number of nitrogens with zero attached hydrogens (tertiary/aromatic N) is 1. The van der Waals surface area contributed by atoms with Crippen molar-refractivity contribution in [1.29, 1.82) is 0 Å². The molecule has 24 heavy (non-hydrogen) atoms. The fraction of sp³-hybridized carbons (Fsp3) is 0.652. The quantitative estimate of drug-likeness (QED) is 0.599. The highest BCUT2D eigenvalue weighted by molar-refractivity contribution is 5.75. The summed E-state index contributed by atoms with van der Waals surface area (Å²) in [7, 11) is 2.29. The van der Waals surface area contributed by atoms with Gasteiger partial charge < -0.3 is 0 Å². The first-order chi connectivity index (χ1) is 11.1. The van der Waals surface area contributed by atoms with Gasteiger partial charge in [-0.1, -0.05) is 46.8 Å². The minimum atomic E-state index is 0.442. The maximum Gasteiger partial charge on any atom is 0.0328 e. The first-order valence-corrected chi connectivity index (χ1v) is 9.65.